The summed E-state index contributed by atoms with van der Waals surface area (Å²) in [6, 6.07) is 3.42. The van der Waals surface area contributed by atoms with Crippen molar-refractivity contribution in [3.8, 4) is 11.4 Å². The first-order valence-corrected chi connectivity index (χ1v) is 13.8. The van der Waals surface area contributed by atoms with E-state index in [1.54, 1.807) is 35.3 Å². The molecule has 1 aliphatic rings. The lowest BCUT2D eigenvalue weighted by atomic mass is 10.1. The normalized spacial score (nSPS) is 14.6. The third-order valence-electron chi connectivity index (χ3n) is 6.55. The molecule has 1 saturated carbocycles. The van der Waals surface area contributed by atoms with Gasteiger partial charge in [0.25, 0.3) is 5.56 Å². The molecule has 3 N–H and O–H groups in total. The molecule has 0 bridgehead atoms. The summed E-state index contributed by atoms with van der Waals surface area (Å²) in [5.41, 5.74) is 9.65. The fourth-order valence-corrected chi connectivity index (χ4v) is 4.69. The standard InChI is InChI=1S/C25H29N9O2S.CH4/c1-5-13(2)34-23-18(31-22(24(34)35)28-10-16-8-9-17(11-27-16)37(4)36)12-29-21(33-23)19-14(3)30-25(26)32-20(19)15-6-7-15;/h8-9,11-13,15H,5-7,10H2,1-4H3,(H,28,31)(H2,26,30,32);1H4/t13-,37?;/m1./s1. The number of hydrogen-bond acceptors (Lipinski definition) is 10. The van der Waals surface area contributed by atoms with Gasteiger partial charge in [-0.25, -0.2) is 24.9 Å². The van der Waals surface area contributed by atoms with Gasteiger partial charge in [0.2, 0.25) is 5.95 Å². The van der Waals surface area contributed by atoms with Crippen LogP contribution in [0.15, 0.2) is 34.2 Å². The van der Waals surface area contributed by atoms with Crippen molar-refractivity contribution in [2.45, 2.75) is 70.9 Å². The van der Waals surface area contributed by atoms with Crippen molar-refractivity contribution >= 4 is 33.7 Å². The quantitative estimate of drug-likeness (QED) is 0.341. The Morgan fingerprint density at radius 3 is 2.55 bits per heavy atom. The van der Waals surface area contributed by atoms with Gasteiger partial charge >= 0.3 is 0 Å². The molecule has 38 heavy (non-hydrogen) atoms. The van der Waals surface area contributed by atoms with Gasteiger partial charge in [-0.05, 0) is 45.2 Å². The van der Waals surface area contributed by atoms with Crippen LogP contribution in [0.4, 0.5) is 11.8 Å². The lowest BCUT2D eigenvalue weighted by molar-refractivity contribution is 0.526. The molecule has 12 heteroatoms. The number of nitrogens with one attached hydrogen (secondary N) is 1. The van der Waals surface area contributed by atoms with Gasteiger partial charge in [0.1, 0.15) is 5.52 Å². The summed E-state index contributed by atoms with van der Waals surface area (Å²) in [6.07, 6.45) is 7.63. The Hall–Kier alpha value is -3.80. The van der Waals surface area contributed by atoms with Crippen LogP contribution in [-0.2, 0) is 17.3 Å². The Morgan fingerprint density at radius 2 is 1.92 bits per heavy atom. The summed E-state index contributed by atoms with van der Waals surface area (Å²) >= 11 is 0. The van der Waals surface area contributed by atoms with Gasteiger partial charge in [-0.1, -0.05) is 14.4 Å². The molecule has 4 aromatic heterocycles. The zero-order valence-corrected chi connectivity index (χ0v) is 22.0. The number of hydrogen-bond donors (Lipinski definition) is 2. The van der Waals surface area contributed by atoms with Crippen LogP contribution in [0.1, 0.15) is 69.6 Å². The molecule has 200 valence electrons. The Kier molecular flexibility index (Phi) is 7.81. The van der Waals surface area contributed by atoms with Crippen LogP contribution >= 0.6 is 0 Å². The number of anilines is 2. The van der Waals surface area contributed by atoms with Crippen molar-refractivity contribution in [3.05, 3.63) is 52.0 Å². The van der Waals surface area contributed by atoms with Crippen molar-refractivity contribution in [3.63, 3.8) is 0 Å². The summed E-state index contributed by atoms with van der Waals surface area (Å²) in [5.74, 6) is 1.22. The predicted octanol–water partition coefficient (Wildman–Crippen LogP) is 3.76. The molecule has 1 aliphatic carbocycles. The van der Waals surface area contributed by atoms with Crippen molar-refractivity contribution in [2.24, 2.45) is 0 Å². The topological polar surface area (TPSA) is 154 Å². The average molecular weight is 536 g/mol. The number of fused-ring (bicyclic) bond motifs is 1. The molecular formula is C26H33N9O2S. The van der Waals surface area contributed by atoms with Crippen LogP contribution in [0.25, 0.3) is 22.6 Å². The van der Waals surface area contributed by atoms with Crippen molar-refractivity contribution < 1.29 is 4.21 Å². The van der Waals surface area contributed by atoms with Crippen LogP contribution in [0.2, 0.25) is 0 Å². The van der Waals surface area contributed by atoms with Gasteiger partial charge in [0.05, 0.1) is 51.1 Å². The van der Waals surface area contributed by atoms with E-state index in [1.165, 1.54) is 0 Å². The summed E-state index contributed by atoms with van der Waals surface area (Å²) < 4.78 is 13.3. The van der Waals surface area contributed by atoms with E-state index in [0.717, 1.165) is 30.5 Å². The predicted molar refractivity (Wildman–Crippen MR) is 149 cm³/mol. The zero-order chi connectivity index (χ0) is 26.3. The number of rotatable bonds is 8. The van der Waals surface area contributed by atoms with E-state index >= 15 is 0 Å². The summed E-state index contributed by atoms with van der Waals surface area (Å²) in [4.78, 5) is 41.4. The molecule has 0 radical (unpaired) electrons. The lowest BCUT2D eigenvalue weighted by Gasteiger charge is -2.18. The maximum atomic E-state index is 13.6. The largest absolute Gasteiger partial charge is 0.368 e. The molecular weight excluding hydrogens is 502 g/mol. The molecule has 0 aromatic carbocycles. The van der Waals surface area contributed by atoms with E-state index in [-0.39, 0.29) is 37.3 Å². The molecule has 0 spiro atoms. The van der Waals surface area contributed by atoms with Gasteiger partial charge in [0, 0.05) is 24.4 Å². The van der Waals surface area contributed by atoms with E-state index in [1.807, 2.05) is 20.8 Å². The summed E-state index contributed by atoms with van der Waals surface area (Å²) in [7, 11) is -1.10. The maximum absolute atomic E-state index is 13.6. The molecule has 4 heterocycles. The highest BCUT2D eigenvalue weighted by Crippen LogP contribution is 2.43. The third kappa shape index (κ3) is 5.26. The zero-order valence-electron chi connectivity index (χ0n) is 21.2. The van der Waals surface area contributed by atoms with Gasteiger partial charge in [-0.2, -0.15) is 0 Å². The highest BCUT2D eigenvalue weighted by atomic mass is 32.2. The molecule has 4 aromatic rings. The number of nitrogens with zero attached hydrogens (tertiary/aromatic N) is 7. The Labute approximate surface area is 223 Å². The molecule has 1 unspecified atom stereocenters. The minimum Gasteiger partial charge on any atom is -0.368 e. The Morgan fingerprint density at radius 1 is 1.16 bits per heavy atom. The van der Waals surface area contributed by atoms with E-state index in [0.29, 0.717) is 39.2 Å². The van der Waals surface area contributed by atoms with Crippen molar-refractivity contribution in [1.29, 1.82) is 0 Å². The first kappa shape index (κ1) is 27.2. The van der Waals surface area contributed by atoms with Crippen molar-refractivity contribution in [1.82, 2.24) is 34.5 Å². The van der Waals surface area contributed by atoms with Gasteiger partial charge in [-0.15, -0.1) is 0 Å². The Balaban J connectivity index is 0.00000336. The summed E-state index contributed by atoms with van der Waals surface area (Å²) in [5, 5.41) is 3.11. The summed E-state index contributed by atoms with van der Waals surface area (Å²) in [6.45, 7) is 6.16. The SMILES string of the molecule is C.CC[C@@H](C)n1c(=O)c(NCc2ccc(S(C)=O)cn2)nc2cnc(-c3c(C)nc(N)nc3C3CC3)nc21. The molecule has 0 aliphatic heterocycles. The number of aromatic nitrogens is 7. The van der Waals surface area contributed by atoms with Crippen LogP contribution in [0.5, 0.6) is 0 Å². The number of aryl methyl sites for hydroxylation is 1. The van der Waals surface area contributed by atoms with E-state index < -0.39 is 10.8 Å². The Bertz CT molecular complexity index is 1570. The van der Waals surface area contributed by atoms with Gasteiger partial charge in [-0.3, -0.25) is 18.6 Å². The third-order valence-corrected chi connectivity index (χ3v) is 7.46. The molecule has 5 rings (SSSR count). The smallest absolute Gasteiger partial charge is 0.295 e. The maximum Gasteiger partial charge on any atom is 0.295 e. The van der Waals surface area contributed by atoms with Gasteiger partial charge in [0.15, 0.2) is 17.3 Å². The average Bonchev–Trinajstić information content (AvgIpc) is 3.72. The minimum atomic E-state index is -1.10. The highest BCUT2D eigenvalue weighted by Gasteiger charge is 2.31. The van der Waals surface area contributed by atoms with E-state index in [4.69, 9.17) is 10.7 Å². The van der Waals surface area contributed by atoms with Crippen LogP contribution in [0, 0.1) is 6.92 Å². The first-order chi connectivity index (χ1) is 17.8. The number of nitrogen functional groups attached to an aromatic ring is 1. The van der Waals surface area contributed by atoms with Crippen LogP contribution in [0.3, 0.4) is 0 Å². The molecule has 0 amide bonds. The first-order valence-electron chi connectivity index (χ1n) is 12.2. The molecule has 2 atom stereocenters. The lowest BCUT2D eigenvalue weighted by Crippen LogP contribution is -2.28. The minimum absolute atomic E-state index is 0. The number of pyridine rings is 1. The number of nitrogens with two attached hydrogens (primary N) is 1. The van der Waals surface area contributed by atoms with Crippen LogP contribution < -0.4 is 16.6 Å². The fourth-order valence-electron chi connectivity index (χ4n) is 4.23. The van der Waals surface area contributed by atoms with E-state index in [9.17, 15) is 9.00 Å². The second kappa shape index (κ2) is 10.9. The highest BCUT2D eigenvalue weighted by molar-refractivity contribution is 7.84. The van der Waals surface area contributed by atoms with E-state index in [2.05, 4.69) is 30.2 Å². The van der Waals surface area contributed by atoms with Gasteiger partial charge < -0.3 is 11.1 Å². The second-order valence-electron chi connectivity index (χ2n) is 9.29. The molecule has 1 fully saturated rings. The molecule has 0 saturated heterocycles. The molecule has 11 nitrogen and oxygen atoms in total. The second-order valence-corrected chi connectivity index (χ2v) is 10.7. The fraction of sp³-hybridized carbons (Fsp3) is 0.423. The van der Waals surface area contributed by atoms with Crippen molar-refractivity contribution in [2.75, 3.05) is 17.3 Å². The van der Waals surface area contributed by atoms with Crippen LogP contribution in [-0.4, -0.2) is 44.9 Å². The monoisotopic (exact) mass is 535 g/mol.